The van der Waals surface area contributed by atoms with Crippen LogP contribution in [-0.4, -0.2) is 20.3 Å². The highest BCUT2D eigenvalue weighted by molar-refractivity contribution is 7.09. The summed E-state index contributed by atoms with van der Waals surface area (Å²) in [7, 11) is 0. The average Bonchev–Trinajstić information content (AvgIpc) is 3.08. The Hall–Kier alpha value is -2.47. The SMILES string of the molecule is Cc1ccc2nc(COC(=O)/C=C/c3csc(C)n3)cn2c1. The van der Waals surface area contributed by atoms with E-state index in [4.69, 9.17) is 4.74 Å². The minimum atomic E-state index is -0.404. The Morgan fingerprint density at radius 1 is 1.32 bits per heavy atom. The van der Waals surface area contributed by atoms with Gasteiger partial charge in [0.15, 0.2) is 0 Å². The molecule has 3 aromatic heterocycles. The maximum absolute atomic E-state index is 11.7. The first-order valence-electron chi connectivity index (χ1n) is 6.81. The van der Waals surface area contributed by atoms with Gasteiger partial charge in [-0.2, -0.15) is 0 Å². The topological polar surface area (TPSA) is 56.5 Å². The van der Waals surface area contributed by atoms with Crippen LogP contribution in [0.4, 0.5) is 0 Å². The normalized spacial score (nSPS) is 11.4. The van der Waals surface area contributed by atoms with Crippen LogP contribution in [0.1, 0.15) is 22.0 Å². The van der Waals surface area contributed by atoms with Crippen LogP contribution in [-0.2, 0) is 16.1 Å². The number of ether oxygens (including phenoxy) is 1. The van der Waals surface area contributed by atoms with Crippen LogP contribution < -0.4 is 0 Å². The molecule has 3 rings (SSSR count). The molecule has 3 heterocycles. The molecule has 0 radical (unpaired) electrons. The zero-order valence-electron chi connectivity index (χ0n) is 12.3. The quantitative estimate of drug-likeness (QED) is 0.548. The summed E-state index contributed by atoms with van der Waals surface area (Å²) in [6, 6.07) is 3.93. The van der Waals surface area contributed by atoms with E-state index >= 15 is 0 Å². The maximum atomic E-state index is 11.7. The lowest BCUT2D eigenvalue weighted by atomic mass is 10.3. The van der Waals surface area contributed by atoms with Crippen LogP contribution in [0.2, 0.25) is 0 Å². The molecule has 0 fully saturated rings. The van der Waals surface area contributed by atoms with Gasteiger partial charge in [-0.3, -0.25) is 0 Å². The van der Waals surface area contributed by atoms with Crippen molar-refractivity contribution >= 4 is 29.0 Å². The number of carbonyl (C=O) groups excluding carboxylic acids is 1. The second-order valence-electron chi connectivity index (χ2n) is 4.94. The number of rotatable bonds is 4. The number of aryl methyl sites for hydroxylation is 2. The van der Waals surface area contributed by atoms with Gasteiger partial charge in [-0.15, -0.1) is 11.3 Å². The molecule has 0 bridgehead atoms. The molecule has 0 amide bonds. The summed E-state index contributed by atoms with van der Waals surface area (Å²) in [5.74, 6) is -0.404. The monoisotopic (exact) mass is 313 g/mol. The number of esters is 1. The molecule has 6 heteroatoms. The fourth-order valence-corrected chi connectivity index (χ4v) is 2.61. The Morgan fingerprint density at radius 2 is 2.18 bits per heavy atom. The van der Waals surface area contributed by atoms with Gasteiger partial charge in [-0.1, -0.05) is 6.07 Å². The van der Waals surface area contributed by atoms with Crippen molar-refractivity contribution in [3.05, 3.63) is 57.9 Å². The van der Waals surface area contributed by atoms with Gasteiger partial charge in [0.2, 0.25) is 0 Å². The van der Waals surface area contributed by atoms with Gasteiger partial charge in [-0.05, 0) is 31.6 Å². The second kappa shape index (κ2) is 6.11. The predicted molar refractivity (Wildman–Crippen MR) is 85.6 cm³/mol. The van der Waals surface area contributed by atoms with Gasteiger partial charge in [0.05, 0.1) is 16.4 Å². The van der Waals surface area contributed by atoms with Gasteiger partial charge in [0.1, 0.15) is 12.3 Å². The number of aromatic nitrogens is 3. The van der Waals surface area contributed by atoms with Gasteiger partial charge >= 0.3 is 5.97 Å². The molecule has 0 unspecified atom stereocenters. The molecular weight excluding hydrogens is 298 g/mol. The van der Waals surface area contributed by atoms with Gasteiger partial charge in [-0.25, -0.2) is 14.8 Å². The fraction of sp³-hybridized carbons (Fsp3) is 0.188. The second-order valence-corrected chi connectivity index (χ2v) is 6.00. The number of hydrogen-bond donors (Lipinski definition) is 0. The Morgan fingerprint density at radius 3 is 2.95 bits per heavy atom. The summed E-state index contributed by atoms with van der Waals surface area (Å²) in [6.07, 6.45) is 6.88. The molecule has 0 saturated heterocycles. The first kappa shape index (κ1) is 14.5. The highest BCUT2D eigenvalue weighted by atomic mass is 32.1. The number of pyridine rings is 1. The molecule has 22 heavy (non-hydrogen) atoms. The van der Waals surface area contributed by atoms with E-state index < -0.39 is 5.97 Å². The van der Waals surface area contributed by atoms with E-state index in [2.05, 4.69) is 9.97 Å². The molecular formula is C16H15N3O2S. The van der Waals surface area contributed by atoms with Crippen molar-refractivity contribution < 1.29 is 9.53 Å². The molecule has 0 aromatic carbocycles. The van der Waals surface area contributed by atoms with Crippen LogP contribution in [0, 0.1) is 13.8 Å². The lowest BCUT2D eigenvalue weighted by molar-refractivity contribution is -0.139. The maximum Gasteiger partial charge on any atom is 0.331 e. The fourth-order valence-electron chi connectivity index (χ4n) is 2.03. The average molecular weight is 313 g/mol. The molecule has 3 aromatic rings. The summed E-state index contributed by atoms with van der Waals surface area (Å²) in [5.41, 5.74) is 3.47. The van der Waals surface area contributed by atoms with Crippen LogP contribution in [0.3, 0.4) is 0 Å². The number of fused-ring (bicyclic) bond motifs is 1. The lowest BCUT2D eigenvalue weighted by Gasteiger charge is -1.97. The Balaban J connectivity index is 1.61. The minimum absolute atomic E-state index is 0.153. The summed E-state index contributed by atoms with van der Waals surface area (Å²) in [4.78, 5) is 20.3. The summed E-state index contributed by atoms with van der Waals surface area (Å²) >= 11 is 1.54. The first-order chi connectivity index (χ1) is 10.6. The molecule has 112 valence electrons. The minimum Gasteiger partial charge on any atom is -0.456 e. The molecule has 0 N–H and O–H groups in total. The highest BCUT2D eigenvalue weighted by Crippen LogP contribution is 2.10. The van der Waals surface area contributed by atoms with Crippen molar-refractivity contribution in [3.63, 3.8) is 0 Å². The molecule has 0 aliphatic carbocycles. The predicted octanol–water partition coefficient (Wildman–Crippen LogP) is 3.16. The summed E-state index contributed by atoms with van der Waals surface area (Å²) < 4.78 is 7.11. The van der Waals surface area contributed by atoms with Crippen LogP contribution in [0.25, 0.3) is 11.7 Å². The van der Waals surface area contributed by atoms with Crippen molar-refractivity contribution in [2.75, 3.05) is 0 Å². The number of carbonyl (C=O) groups is 1. The van der Waals surface area contributed by atoms with Crippen molar-refractivity contribution in [1.82, 2.24) is 14.4 Å². The third-order valence-electron chi connectivity index (χ3n) is 3.04. The van der Waals surface area contributed by atoms with Crippen molar-refractivity contribution in [2.45, 2.75) is 20.5 Å². The van der Waals surface area contributed by atoms with E-state index in [-0.39, 0.29) is 6.61 Å². The lowest BCUT2D eigenvalue weighted by Crippen LogP contribution is -2.00. The van der Waals surface area contributed by atoms with Crippen molar-refractivity contribution in [1.29, 1.82) is 0 Å². The zero-order valence-corrected chi connectivity index (χ0v) is 13.1. The van der Waals surface area contributed by atoms with Gasteiger partial charge in [0, 0.05) is 23.8 Å². The molecule has 0 atom stereocenters. The van der Waals surface area contributed by atoms with E-state index in [0.717, 1.165) is 27.6 Å². The van der Waals surface area contributed by atoms with Gasteiger partial charge < -0.3 is 9.14 Å². The molecule has 0 spiro atoms. The van der Waals surface area contributed by atoms with Crippen LogP contribution in [0.15, 0.2) is 36.0 Å². The zero-order chi connectivity index (χ0) is 15.5. The Kier molecular flexibility index (Phi) is 4.02. The summed E-state index contributed by atoms with van der Waals surface area (Å²) in [6.45, 7) is 4.09. The third kappa shape index (κ3) is 3.40. The van der Waals surface area contributed by atoms with E-state index in [9.17, 15) is 4.79 Å². The Labute approximate surface area is 131 Å². The van der Waals surface area contributed by atoms with E-state index in [1.54, 1.807) is 17.4 Å². The molecule has 0 aliphatic heterocycles. The van der Waals surface area contributed by atoms with Gasteiger partial charge in [0.25, 0.3) is 0 Å². The van der Waals surface area contributed by atoms with Crippen LogP contribution >= 0.6 is 11.3 Å². The number of hydrogen-bond acceptors (Lipinski definition) is 5. The highest BCUT2D eigenvalue weighted by Gasteiger charge is 2.04. The van der Waals surface area contributed by atoms with Crippen LogP contribution in [0.5, 0.6) is 0 Å². The van der Waals surface area contributed by atoms with E-state index in [1.165, 1.54) is 6.08 Å². The molecule has 5 nitrogen and oxygen atoms in total. The molecule has 0 saturated carbocycles. The number of nitrogens with zero attached hydrogens (tertiary/aromatic N) is 3. The number of imidazole rings is 1. The largest absolute Gasteiger partial charge is 0.456 e. The molecule has 0 aliphatic rings. The Bertz CT molecular complexity index is 848. The van der Waals surface area contributed by atoms with Crippen molar-refractivity contribution in [3.8, 4) is 0 Å². The number of thiazole rings is 1. The van der Waals surface area contributed by atoms with E-state index in [0.29, 0.717) is 0 Å². The van der Waals surface area contributed by atoms with E-state index in [1.807, 2.05) is 48.2 Å². The standard InChI is InChI=1S/C16H15N3O2S/c1-11-3-5-15-18-14(8-19(15)7-11)9-21-16(20)6-4-13-10-22-12(2)17-13/h3-8,10H,9H2,1-2H3/b6-4+. The summed E-state index contributed by atoms with van der Waals surface area (Å²) in [5, 5.41) is 2.86. The smallest absolute Gasteiger partial charge is 0.331 e. The van der Waals surface area contributed by atoms with Crippen molar-refractivity contribution in [2.24, 2.45) is 0 Å². The third-order valence-corrected chi connectivity index (χ3v) is 3.83. The first-order valence-corrected chi connectivity index (χ1v) is 7.69.